The Hall–Kier alpha value is -0.0200. The van der Waals surface area contributed by atoms with Crippen LogP contribution in [0.3, 0.4) is 0 Å². The maximum Gasteiger partial charge on any atom is 0.194 e. The normalized spacial score (nSPS) is 11.0. The second-order valence-electron chi connectivity index (χ2n) is 5.76. The van der Waals surface area contributed by atoms with E-state index in [1.54, 1.807) is 0 Å². The summed E-state index contributed by atoms with van der Waals surface area (Å²) in [4.78, 5) is 0. The highest BCUT2D eigenvalue weighted by atomic mass is 79.9. The summed E-state index contributed by atoms with van der Waals surface area (Å²) in [5.41, 5.74) is 0. The minimum absolute atomic E-state index is 1.07. The smallest absolute Gasteiger partial charge is 0.194 e. The molecule has 0 aromatic carbocycles. The first-order valence-corrected chi connectivity index (χ1v) is 10.5. The van der Waals surface area contributed by atoms with Crippen LogP contribution >= 0.6 is 27.7 Å². The summed E-state index contributed by atoms with van der Waals surface area (Å²) in [5, 5.41) is 0. The molecule has 0 fully saturated rings. The Morgan fingerprint density at radius 1 is 0.952 bits per heavy atom. The summed E-state index contributed by atoms with van der Waals surface area (Å²) in [6.07, 6.45) is 18.5. The minimum Gasteiger partial charge on any atom is -0.194 e. The van der Waals surface area contributed by atoms with Crippen LogP contribution in [0.4, 0.5) is 0 Å². The van der Waals surface area contributed by atoms with Crippen LogP contribution in [-0.4, -0.2) is 5.75 Å². The molecule has 0 spiro atoms. The highest BCUT2D eigenvalue weighted by Crippen LogP contribution is 2.12. The van der Waals surface area contributed by atoms with Crippen LogP contribution in [0.1, 0.15) is 71.1 Å². The fraction of sp³-hybridized carbons (Fsp3) is 0.722. The van der Waals surface area contributed by atoms with E-state index >= 15 is 0 Å². The van der Waals surface area contributed by atoms with Crippen molar-refractivity contribution in [3.8, 4) is 0 Å². The van der Waals surface area contributed by atoms with Crippen molar-refractivity contribution in [2.24, 2.45) is 0 Å². The number of rotatable bonds is 13. The monoisotopic (exact) mass is 372 g/mol. The van der Waals surface area contributed by atoms with Gasteiger partial charge >= 0.3 is 0 Å². The predicted octanol–water partition coefficient (Wildman–Crippen LogP) is 6.35. The lowest BCUT2D eigenvalue weighted by Crippen LogP contribution is -2.30. The molecule has 1 rings (SSSR count). The van der Waals surface area contributed by atoms with Crippen LogP contribution in [0.5, 0.6) is 0 Å². The second-order valence-corrected chi connectivity index (χ2v) is 7.75. The number of thioether (sulfide) groups is 1. The molecule has 0 amide bonds. The van der Waals surface area contributed by atoms with E-state index in [1.165, 1.54) is 70.0 Å². The van der Waals surface area contributed by atoms with Gasteiger partial charge in [0.2, 0.25) is 0 Å². The first kappa shape index (κ1) is 19.0. The second kappa shape index (κ2) is 13.6. The average Bonchev–Trinajstić information content (AvgIpc) is 2.48. The first-order valence-electron chi connectivity index (χ1n) is 8.55. The van der Waals surface area contributed by atoms with E-state index in [2.05, 4.69) is 51.9 Å². The molecule has 0 aliphatic carbocycles. The highest BCUT2D eigenvalue weighted by Gasteiger charge is 2.00. The maximum absolute atomic E-state index is 3.51. The van der Waals surface area contributed by atoms with Crippen molar-refractivity contribution in [1.82, 2.24) is 0 Å². The summed E-state index contributed by atoms with van der Waals surface area (Å²) >= 11 is 5.54. The van der Waals surface area contributed by atoms with Gasteiger partial charge in [0.15, 0.2) is 18.3 Å². The number of pyridine rings is 1. The number of unbranched alkanes of at least 4 members (excludes halogenated alkanes) is 9. The van der Waals surface area contributed by atoms with Crippen LogP contribution in [0, 0.1) is 0 Å². The molecule has 0 bridgehead atoms. The molecule has 0 saturated heterocycles. The largest absolute Gasteiger partial charge is 0.194 e. The quantitative estimate of drug-likeness (QED) is 0.288. The predicted molar refractivity (Wildman–Crippen MR) is 98.6 cm³/mol. The number of hydrogen-bond acceptors (Lipinski definition) is 1. The minimum atomic E-state index is 1.07. The maximum atomic E-state index is 3.51. The van der Waals surface area contributed by atoms with Gasteiger partial charge in [-0.05, 0) is 34.2 Å². The van der Waals surface area contributed by atoms with E-state index in [0.29, 0.717) is 0 Å². The van der Waals surface area contributed by atoms with E-state index in [9.17, 15) is 0 Å². The molecule has 1 nitrogen and oxygen atoms in total. The molecule has 0 aliphatic rings. The number of aromatic nitrogens is 1. The summed E-state index contributed by atoms with van der Waals surface area (Å²) < 4.78 is 3.40. The average molecular weight is 373 g/mol. The van der Waals surface area contributed by atoms with E-state index in [0.717, 1.165) is 10.3 Å². The van der Waals surface area contributed by atoms with Crippen LogP contribution in [0.2, 0.25) is 0 Å². The lowest BCUT2D eigenvalue weighted by molar-refractivity contribution is -0.676. The summed E-state index contributed by atoms with van der Waals surface area (Å²) in [6, 6.07) is 4.16. The Bertz CT molecular complexity index is 357. The van der Waals surface area contributed by atoms with Crippen molar-refractivity contribution in [3.63, 3.8) is 0 Å². The van der Waals surface area contributed by atoms with Gasteiger partial charge < -0.3 is 0 Å². The van der Waals surface area contributed by atoms with Crippen molar-refractivity contribution < 1.29 is 4.57 Å². The highest BCUT2D eigenvalue weighted by molar-refractivity contribution is 9.10. The molecule has 3 heteroatoms. The third-order valence-electron chi connectivity index (χ3n) is 3.70. The third kappa shape index (κ3) is 11.2. The van der Waals surface area contributed by atoms with Crippen molar-refractivity contribution in [3.05, 3.63) is 29.0 Å². The zero-order valence-corrected chi connectivity index (χ0v) is 15.9. The van der Waals surface area contributed by atoms with Gasteiger partial charge in [0.05, 0.1) is 4.47 Å². The molecule has 0 saturated carbocycles. The lowest BCUT2D eigenvalue weighted by atomic mass is 10.1. The van der Waals surface area contributed by atoms with E-state index in [-0.39, 0.29) is 0 Å². The Morgan fingerprint density at radius 3 is 2.19 bits per heavy atom. The van der Waals surface area contributed by atoms with E-state index in [4.69, 9.17) is 0 Å². The molecule has 0 radical (unpaired) electrons. The fourth-order valence-corrected chi connectivity index (χ4v) is 3.76. The third-order valence-corrected chi connectivity index (χ3v) is 5.23. The summed E-state index contributed by atoms with van der Waals surface area (Å²) in [7, 11) is 0. The Balaban J connectivity index is 1.82. The molecule has 21 heavy (non-hydrogen) atoms. The molecule has 1 aromatic heterocycles. The van der Waals surface area contributed by atoms with E-state index in [1.807, 2.05) is 11.8 Å². The molecule has 120 valence electrons. The van der Waals surface area contributed by atoms with Crippen LogP contribution in [0.25, 0.3) is 0 Å². The van der Waals surface area contributed by atoms with Gasteiger partial charge in [-0.1, -0.05) is 76.5 Å². The van der Waals surface area contributed by atoms with Crippen molar-refractivity contribution >= 4 is 27.7 Å². The number of nitrogens with zero attached hydrogens (tertiary/aromatic N) is 1. The Morgan fingerprint density at radius 2 is 1.57 bits per heavy atom. The van der Waals surface area contributed by atoms with Crippen molar-refractivity contribution in [2.45, 2.75) is 77.0 Å². The van der Waals surface area contributed by atoms with Gasteiger partial charge in [-0.25, -0.2) is 0 Å². The topological polar surface area (TPSA) is 3.88 Å². The standard InChI is InChI=1S/C18H31BrNS/c1-2-3-4-5-6-7-8-9-10-11-15-21-17-20-14-12-13-18(19)16-20/h12-14,16H,2-11,15,17H2,1H3/q+1. The summed E-state index contributed by atoms with van der Waals surface area (Å²) in [6.45, 7) is 2.28. The van der Waals surface area contributed by atoms with Gasteiger partial charge in [0, 0.05) is 6.07 Å². The molecule has 1 heterocycles. The molecule has 1 aromatic rings. The van der Waals surface area contributed by atoms with Crippen LogP contribution in [-0.2, 0) is 5.88 Å². The van der Waals surface area contributed by atoms with Gasteiger partial charge in [-0.15, -0.1) is 0 Å². The van der Waals surface area contributed by atoms with Gasteiger partial charge in [0.25, 0.3) is 0 Å². The van der Waals surface area contributed by atoms with Crippen molar-refractivity contribution in [1.29, 1.82) is 0 Å². The molecular formula is C18H31BrNS+. The zero-order valence-electron chi connectivity index (χ0n) is 13.5. The Kier molecular flexibility index (Phi) is 12.3. The van der Waals surface area contributed by atoms with Crippen LogP contribution < -0.4 is 4.57 Å². The summed E-state index contributed by atoms with van der Waals surface area (Å²) in [5.74, 6) is 2.35. The number of halogens is 1. The Labute approximate surface area is 144 Å². The van der Waals surface area contributed by atoms with Gasteiger partial charge in [-0.2, -0.15) is 4.57 Å². The SMILES string of the molecule is CCCCCCCCCCCCSC[n+]1cccc(Br)c1. The molecular weight excluding hydrogens is 342 g/mol. The first-order chi connectivity index (χ1) is 10.3. The molecule has 0 atom stereocenters. The fourth-order valence-electron chi connectivity index (χ4n) is 2.43. The molecule has 0 unspecified atom stereocenters. The molecule has 0 aliphatic heterocycles. The number of hydrogen-bond donors (Lipinski definition) is 0. The van der Waals surface area contributed by atoms with E-state index < -0.39 is 0 Å². The van der Waals surface area contributed by atoms with Crippen molar-refractivity contribution in [2.75, 3.05) is 5.75 Å². The van der Waals surface area contributed by atoms with Crippen LogP contribution in [0.15, 0.2) is 29.0 Å². The molecule has 0 N–H and O–H groups in total. The van der Waals surface area contributed by atoms with Gasteiger partial charge in [0.1, 0.15) is 0 Å². The van der Waals surface area contributed by atoms with Gasteiger partial charge in [-0.3, -0.25) is 0 Å². The zero-order chi connectivity index (χ0) is 15.2. The lowest BCUT2D eigenvalue weighted by Gasteiger charge is -2.02.